The topological polar surface area (TPSA) is 61.4 Å². The van der Waals surface area contributed by atoms with E-state index in [1.165, 1.54) is 11.6 Å². The normalized spacial score (nSPS) is 15.2. The largest absolute Gasteiger partial charge is 0.508 e. The fourth-order valence-electron chi connectivity index (χ4n) is 1.77. The first-order valence-corrected chi connectivity index (χ1v) is 5.71. The number of carbonyl (C=O) groups is 1. The maximum Gasteiger partial charge on any atom is 0.251 e. The van der Waals surface area contributed by atoms with Gasteiger partial charge >= 0.3 is 0 Å². The van der Waals surface area contributed by atoms with Crippen LogP contribution in [-0.4, -0.2) is 30.6 Å². The van der Waals surface area contributed by atoms with Crippen molar-refractivity contribution in [3.8, 4) is 5.75 Å². The van der Waals surface area contributed by atoms with E-state index in [0.717, 1.165) is 19.5 Å². The lowest BCUT2D eigenvalue weighted by atomic mass is 10.1. The molecule has 1 aromatic rings. The van der Waals surface area contributed by atoms with Crippen molar-refractivity contribution in [3.05, 3.63) is 41.5 Å². The number of hydrogen-bond donors (Lipinski definition) is 3. The molecule has 1 heterocycles. The summed E-state index contributed by atoms with van der Waals surface area (Å²) in [6, 6.07) is 6.36. The number of amides is 1. The number of carbonyl (C=O) groups excluding carboxylic acids is 1. The lowest BCUT2D eigenvalue weighted by Gasteiger charge is -2.14. The molecule has 0 fully saturated rings. The minimum absolute atomic E-state index is 0.110. The zero-order valence-electron chi connectivity index (χ0n) is 9.57. The summed E-state index contributed by atoms with van der Waals surface area (Å²) in [5, 5.41) is 15.3. The molecule has 0 saturated heterocycles. The van der Waals surface area contributed by atoms with Gasteiger partial charge < -0.3 is 15.7 Å². The van der Waals surface area contributed by atoms with Gasteiger partial charge in [0.2, 0.25) is 0 Å². The average Bonchev–Trinajstić information content (AvgIpc) is 2.37. The van der Waals surface area contributed by atoms with Crippen LogP contribution in [0.25, 0.3) is 0 Å². The number of hydrogen-bond acceptors (Lipinski definition) is 3. The zero-order valence-corrected chi connectivity index (χ0v) is 9.57. The maximum atomic E-state index is 11.8. The van der Waals surface area contributed by atoms with E-state index in [1.54, 1.807) is 18.2 Å². The SMILES string of the molecule is O=C(NCC1=CCNCC1)c1cccc(O)c1. The molecule has 1 aliphatic rings. The smallest absolute Gasteiger partial charge is 0.251 e. The van der Waals surface area contributed by atoms with E-state index in [9.17, 15) is 9.90 Å². The molecule has 0 aliphatic carbocycles. The predicted octanol–water partition coefficient (Wildman–Crippen LogP) is 1.04. The van der Waals surface area contributed by atoms with Gasteiger partial charge in [-0.25, -0.2) is 0 Å². The fraction of sp³-hybridized carbons (Fsp3) is 0.308. The second kappa shape index (κ2) is 5.50. The molecule has 0 bridgehead atoms. The second-order valence-electron chi connectivity index (χ2n) is 4.05. The number of nitrogens with one attached hydrogen (secondary N) is 2. The summed E-state index contributed by atoms with van der Waals surface area (Å²) in [4.78, 5) is 11.8. The van der Waals surface area contributed by atoms with E-state index in [-0.39, 0.29) is 11.7 Å². The van der Waals surface area contributed by atoms with E-state index >= 15 is 0 Å². The highest BCUT2D eigenvalue weighted by Crippen LogP contribution is 2.11. The maximum absolute atomic E-state index is 11.8. The van der Waals surface area contributed by atoms with Crippen LogP contribution in [0.15, 0.2) is 35.9 Å². The third-order valence-corrected chi connectivity index (χ3v) is 2.74. The van der Waals surface area contributed by atoms with Gasteiger partial charge in [-0.1, -0.05) is 17.7 Å². The van der Waals surface area contributed by atoms with Crippen LogP contribution < -0.4 is 10.6 Å². The third kappa shape index (κ3) is 3.32. The summed E-state index contributed by atoms with van der Waals surface area (Å²) in [7, 11) is 0. The van der Waals surface area contributed by atoms with Crippen LogP contribution in [0.1, 0.15) is 16.8 Å². The number of aromatic hydroxyl groups is 1. The molecular weight excluding hydrogens is 216 g/mol. The third-order valence-electron chi connectivity index (χ3n) is 2.74. The Bertz CT molecular complexity index is 441. The molecule has 4 heteroatoms. The molecule has 0 radical (unpaired) electrons. The van der Waals surface area contributed by atoms with Crippen LogP contribution >= 0.6 is 0 Å². The summed E-state index contributed by atoms with van der Waals surface area (Å²) in [6.07, 6.45) is 3.08. The van der Waals surface area contributed by atoms with Crippen molar-refractivity contribution in [1.82, 2.24) is 10.6 Å². The standard InChI is InChI=1S/C13H16N2O2/c16-12-3-1-2-11(8-12)13(17)15-9-10-4-6-14-7-5-10/h1-4,8,14,16H,5-7,9H2,(H,15,17). The number of phenolic OH excluding ortho intramolecular Hbond substituents is 1. The lowest BCUT2D eigenvalue weighted by Crippen LogP contribution is -2.29. The minimum Gasteiger partial charge on any atom is -0.508 e. The van der Waals surface area contributed by atoms with Gasteiger partial charge in [-0.2, -0.15) is 0 Å². The molecule has 0 spiro atoms. The summed E-state index contributed by atoms with van der Waals surface area (Å²) in [6.45, 7) is 2.42. The molecule has 0 atom stereocenters. The van der Waals surface area contributed by atoms with Gasteiger partial charge in [-0.05, 0) is 31.2 Å². The van der Waals surface area contributed by atoms with Gasteiger partial charge in [0.25, 0.3) is 5.91 Å². The molecule has 1 aliphatic heterocycles. The van der Waals surface area contributed by atoms with Crippen LogP contribution in [0, 0.1) is 0 Å². The van der Waals surface area contributed by atoms with E-state index < -0.39 is 0 Å². The molecule has 1 amide bonds. The second-order valence-corrected chi connectivity index (χ2v) is 4.05. The molecule has 0 unspecified atom stereocenters. The predicted molar refractivity (Wildman–Crippen MR) is 66.0 cm³/mol. The zero-order chi connectivity index (χ0) is 12.1. The van der Waals surface area contributed by atoms with Gasteiger partial charge in [0.15, 0.2) is 0 Å². The van der Waals surface area contributed by atoms with Crippen LogP contribution in [0.5, 0.6) is 5.75 Å². The molecular formula is C13H16N2O2. The lowest BCUT2D eigenvalue weighted by molar-refractivity contribution is 0.0956. The van der Waals surface area contributed by atoms with Crippen molar-refractivity contribution in [2.75, 3.05) is 19.6 Å². The Hall–Kier alpha value is -1.81. The van der Waals surface area contributed by atoms with Gasteiger partial charge in [0, 0.05) is 18.7 Å². The molecule has 0 saturated carbocycles. The molecule has 1 aromatic carbocycles. The summed E-state index contributed by atoms with van der Waals surface area (Å²) >= 11 is 0. The highest BCUT2D eigenvalue weighted by atomic mass is 16.3. The summed E-state index contributed by atoms with van der Waals surface area (Å²) in [5.41, 5.74) is 1.73. The van der Waals surface area contributed by atoms with Crippen molar-refractivity contribution in [2.45, 2.75) is 6.42 Å². The quantitative estimate of drug-likeness (QED) is 0.682. The molecule has 3 N–H and O–H groups in total. The van der Waals surface area contributed by atoms with Crippen molar-refractivity contribution in [3.63, 3.8) is 0 Å². The number of phenols is 1. The Labute approximate surface area is 100 Å². The van der Waals surface area contributed by atoms with Gasteiger partial charge in [-0.15, -0.1) is 0 Å². The average molecular weight is 232 g/mol. The van der Waals surface area contributed by atoms with Crippen molar-refractivity contribution in [1.29, 1.82) is 0 Å². The minimum atomic E-state index is -0.152. The first-order valence-electron chi connectivity index (χ1n) is 5.71. The monoisotopic (exact) mass is 232 g/mol. The van der Waals surface area contributed by atoms with Crippen molar-refractivity contribution < 1.29 is 9.90 Å². The van der Waals surface area contributed by atoms with Crippen LogP contribution in [0.4, 0.5) is 0 Å². The summed E-state index contributed by atoms with van der Waals surface area (Å²) in [5.74, 6) is -0.0425. The highest BCUT2D eigenvalue weighted by Gasteiger charge is 2.08. The fourth-order valence-corrected chi connectivity index (χ4v) is 1.77. The summed E-state index contributed by atoms with van der Waals surface area (Å²) < 4.78 is 0. The van der Waals surface area contributed by atoms with Gasteiger partial charge in [-0.3, -0.25) is 4.79 Å². The molecule has 2 rings (SSSR count). The molecule has 90 valence electrons. The van der Waals surface area contributed by atoms with Crippen LogP contribution in [0.3, 0.4) is 0 Å². The molecule has 4 nitrogen and oxygen atoms in total. The van der Waals surface area contributed by atoms with E-state index in [1.807, 2.05) is 0 Å². The van der Waals surface area contributed by atoms with Crippen molar-refractivity contribution in [2.24, 2.45) is 0 Å². The number of rotatable bonds is 3. The molecule has 17 heavy (non-hydrogen) atoms. The number of benzene rings is 1. The first kappa shape index (κ1) is 11.7. The van der Waals surface area contributed by atoms with Gasteiger partial charge in [0.1, 0.15) is 5.75 Å². The van der Waals surface area contributed by atoms with Crippen molar-refractivity contribution >= 4 is 5.91 Å². The van der Waals surface area contributed by atoms with Gasteiger partial charge in [0.05, 0.1) is 0 Å². The van der Waals surface area contributed by atoms with Crippen LogP contribution in [-0.2, 0) is 0 Å². The van der Waals surface area contributed by atoms with E-state index in [4.69, 9.17) is 0 Å². The molecule has 0 aromatic heterocycles. The van der Waals surface area contributed by atoms with E-state index in [0.29, 0.717) is 12.1 Å². The highest BCUT2D eigenvalue weighted by molar-refractivity contribution is 5.94. The van der Waals surface area contributed by atoms with E-state index in [2.05, 4.69) is 16.7 Å². The Morgan fingerprint density at radius 3 is 3.06 bits per heavy atom. The van der Waals surface area contributed by atoms with Crippen LogP contribution in [0.2, 0.25) is 0 Å². The first-order chi connectivity index (χ1) is 8.25. The Morgan fingerprint density at radius 1 is 1.47 bits per heavy atom. The Balaban J connectivity index is 1.91. The Kier molecular flexibility index (Phi) is 3.77. The Morgan fingerprint density at radius 2 is 2.35 bits per heavy atom.